The lowest BCUT2D eigenvalue weighted by atomic mass is 10.2. The van der Waals surface area contributed by atoms with Crippen LogP contribution in [0.2, 0.25) is 5.02 Å². The number of nitrogens with zero attached hydrogens (tertiary/aromatic N) is 3. The smallest absolute Gasteiger partial charge is 0.234 e. The summed E-state index contributed by atoms with van der Waals surface area (Å²) in [5.74, 6) is 2.08. The molecule has 5 rings (SSSR count). The van der Waals surface area contributed by atoms with E-state index in [4.69, 9.17) is 21.1 Å². The topological polar surface area (TPSA) is 78.3 Å². The Morgan fingerprint density at radius 1 is 1.23 bits per heavy atom. The molecule has 2 aromatic carbocycles. The molecule has 158 valence electrons. The fourth-order valence-electron chi connectivity index (χ4n) is 3.31. The van der Waals surface area contributed by atoms with Gasteiger partial charge in [0, 0.05) is 28.4 Å². The number of hydrogen-bond donors (Lipinski definition) is 1. The largest absolute Gasteiger partial charge is 0.454 e. The van der Waals surface area contributed by atoms with Gasteiger partial charge in [0.15, 0.2) is 22.5 Å². The molecule has 31 heavy (non-hydrogen) atoms. The highest BCUT2D eigenvalue weighted by Crippen LogP contribution is 2.42. The number of nitrogens with one attached hydrogen (secondary N) is 1. The van der Waals surface area contributed by atoms with E-state index >= 15 is 0 Å². The quantitative estimate of drug-likeness (QED) is 0.384. The maximum atomic E-state index is 12.5. The summed E-state index contributed by atoms with van der Waals surface area (Å²) < 4.78 is 13.7. The van der Waals surface area contributed by atoms with Gasteiger partial charge >= 0.3 is 0 Å². The van der Waals surface area contributed by atoms with Crippen LogP contribution in [0, 0.1) is 0 Å². The van der Waals surface area contributed by atoms with Crippen molar-refractivity contribution in [2.24, 2.45) is 0 Å². The second-order valence-electron chi connectivity index (χ2n) is 6.70. The highest BCUT2D eigenvalue weighted by molar-refractivity contribution is 7.99. The van der Waals surface area contributed by atoms with Crippen molar-refractivity contribution in [3.63, 3.8) is 0 Å². The van der Waals surface area contributed by atoms with Gasteiger partial charge in [0.2, 0.25) is 12.7 Å². The number of amides is 1. The van der Waals surface area contributed by atoms with E-state index in [0.717, 1.165) is 15.0 Å². The van der Waals surface area contributed by atoms with Crippen LogP contribution in [-0.4, -0.2) is 33.2 Å². The molecule has 1 aliphatic rings. The zero-order valence-electron chi connectivity index (χ0n) is 16.4. The minimum atomic E-state index is -0.143. The van der Waals surface area contributed by atoms with Crippen molar-refractivity contribution in [1.29, 1.82) is 0 Å². The highest BCUT2D eigenvalue weighted by atomic mass is 35.5. The summed E-state index contributed by atoms with van der Waals surface area (Å²) in [6, 6.07) is 13.3. The number of thioether (sulfide) groups is 1. The van der Waals surface area contributed by atoms with Crippen LogP contribution in [0.3, 0.4) is 0 Å². The molecule has 0 radical (unpaired) electrons. The lowest BCUT2D eigenvalue weighted by Crippen LogP contribution is -2.14. The van der Waals surface area contributed by atoms with E-state index in [0.29, 0.717) is 39.7 Å². The predicted octanol–water partition coefficient (Wildman–Crippen LogP) is 5.29. The van der Waals surface area contributed by atoms with Crippen LogP contribution in [0.1, 0.15) is 6.92 Å². The van der Waals surface area contributed by atoms with Gasteiger partial charge in [-0.3, -0.25) is 4.79 Å². The first-order valence-corrected chi connectivity index (χ1v) is 11.7. The average molecular weight is 473 g/mol. The van der Waals surface area contributed by atoms with Crippen LogP contribution in [0.4, 0.5) is 5.69 Å². The van der Waals surface area contributed by atoms with E-state index in [1.54, 1.807) is 29.5 Å². The van der Waals surface area contributed by atoms with Crippen LogP contribution in [0.25, 0.3) is 20.8 Å². The summed E-state index contributed by atoms with van der Waals surface area (Å²) in [6.07, 6.45) is 0. The maximum absolute atomic E-state index is 12.5. The first-order chi connectivity index (χ1) is 15.1. The number of fused-ring (bicyclic) bond motifs is 2. The van der Waals surface area contributed by atoms with Crippen molar-refractivity contribution in [1.82, 2.24) is 14.8 Å². The number of carbonyl (C=O) groups excluding carboxylic acids is 1. The number of anilines is 1. The summed E-state index contributed by atoms with van der Waals surface area (Å²) in [6.45, 7) is 2.88. The zero-order chi connectivity index (χ0) is 21.4. The molecule has 0 saturated heterocycles. The lowest BCUT2D eigenvalue weighted by molar-refractivity contribution is -0.113. The second-order valence-corrected chi connectivity index (χ2v) is 9.07. The molecule has 4 aromatic rings. The lowest BCUT2D eigenvalue weighted by Gasteiger charge is -2.08. The van der Waals surface area contributed by atoms with Gasteiger partial charge in [-0.15, -0.1) is 21.5 Å². The molecule has 7 nitrogen and oxygen atoms in total. The van der Waals surface area contributed by atoms with Crippen molar-refractivity contribution in [2.75, 3.05) is 17.9 Å². The van der Waals surface area contributed by atoms with Crippen LogP contribution < -0.4 is 14.8 Å². The van der Waals surface area contributed by atoms with E-state index in [1.165, 1.54) is 11.8 Å². The molecule has 1 amide bonds. The molecule has 1 aliphatic heterocycles. The monoisotopic (exact) mass is 472 g/mol. The number of hydrogen-bond acceptors (Lipinski definition) is 7. The van der Waals surface area contributed by atoms with E-state index in [2.05, 4.69) is 15.5 Å². The van der Waals surface area contributed by atoms with Crippen molar-refractivity contribution >= 4 is 56.4 Å². The van der Waals surface area contributed by atoms with Crippen molar-refractivity contribution in [3.8, 4) is 22.2 Å². The molecule has 0 fully saturated rings. The standard InChI is InChI=1S/C21H17ClN4O3S2/c1-2-26-20(19-18(22)13-5-3-4-6-16(13)31-19)24-25-21(26)30-10-17(27)23-12-7-8-14-15(9-12)29-11-28-14/h3-9H,2,10-11H2,1H3,(H,23,27). The fourth-order valence-corrected chi connectivity index (χ4v) is 5.62. The summed E-state index contributed by atoms with van der Waals surface area (Å²) in [5, 5.41) is 13.9. The summed E-state index contributed by atoms with van der Waals surface area (Å²) in [4.78, 5) is 13.3. The van der Waals surface area contributed by atoms with Gasteiger partial charge < -0.3 is 19.4 Å². The molecule has 3 heterocycles. The van der Waals surface area contributed by atoms with E-state index in [1.807, 2.05) is 35.8 Å². The van der Waals surface area contributed by atoms with Gasteiger partial charge in [-0.05, 0) is 25.1 Å². The number of benzene rings is 2. The number of thiophene rings is 1. The van der Waals surface area contributed by atoms with Gasteiger partial charge in [0.05, 0.1) is 15.7 Å². The Morgan fingerprint density at radius 2 is 2.06 bits per heavy atom. The SMILES string of the molecule is CCn1c(SCC(=O)Nc2ccc3c(c2)OCO3)nnc1-c1sc2ccccc2c1Cl. The Balaban J connectivity index is 1.31. The third-order valence-corrected chi connectivity index (χ3v) is 7.40. The number of rotatable bonds is 6. The molecule has 0 aliphatic carbocycles. The predicted molar refractivity (Wildman–Crippen MR) is 123 cm³/mol. The fraction of sp³-hybridized carbons (Fsp3) is 0.190. The van der Waals surface area contributed by atoms with E-state index < -0.39 is 0 Å². The van der Waals surface area contributed by atoms with E-state index in [9.17, 15) is 4.79 Å². The van der Waals surface area contributed by atoms with Gasteiger partial charge in [0.1, 0.15) is 0 Å². The molecule has 10 heteroatoms. The Hall–Kier alpha value is -2.75. The van der Waals surface area contributed by atoms with Gasteiger partial charge in [-0.2, -0.15) is 0 Å². The Labute approximate surface area is 191 Å². The molecular formula is C21H17ClN4O3S2. The Morgan fingerprint density at radius 3 is 2.90 bits per heavy atom. The Bertz CT molecular complexity index is 1290. The average Bonchev–Trinajstić information content (AvgIpc) is 3.49. The third-order valence-electron chi connectivity index (χ3n) is 4.76. The van der Waals surface area contributed by atoms with Crippen molar-refractivity contribution in [3.05, 3.63) is 47.5 Å². The molecular weight excluding hydrogens is 456 g/mol. The number of ether oxygens (including phenoxy) is 2. The molecule has 0 bridgehead atoms. The van der Waals surface area contributed by atoms with Gasteiger partial charge in [0.25, 0.3) is 0 Å². The first kappa shape index (κ1) is 20.2. The maximum Gasteiger partial charge on any atom is 0.234 e. The second kappa shape index (κ2) is 8.41. The highest BCUT2D eigenvalue weighted by Gasteiger charge is 2.20. The van der Waals surface area contributed by atoms with E-state index in [-0.39, 0.29) is 18.5 Å². The summed E-state index contributed by atoms with van der Waals surface area (Å²) in [7, 11) is 0. The number of halogens is 1. The molecule has 0 spiro atoms. The molecule has 0 saturated carbocycles. The van der Waals surface area contributed by atoms with Crippen LogP contribution in [0.15, 0.2) is 47.6 Å². The molecule has 1 N–H and O–H groups in total. The van der Waals surface area contributed by atoms with Crippen molar-refractivity contribution in [2.45, 2.75) is 18.6 Å². The number of carbonyl (C=O) groups is 1. The van der Waals surface area contributed by atoms with Crippen LogP contribution in [-0.2, 0) is 11.3 Å². The first-order valence-electron chi connectivity index (χ1n) is 9.57. The normalized spacial score (nSPS) is 12.5. The van der Waals surface area contributed by atoms with Crippen LogP contribution in [0.5, 0.6) is 11.5 Å². The van der Waals surface area contributed by atoms with Gasteiger partial charge in [-0.25, -0.2) is 0 Å². The van der Waals surface area contributed by atoms with Crippen molar-refractivity contribution < 1.29 is 14.3 Å². The van der Waals surface area contributed by atoms with Crippen LogP contribution >= 0.6 is 34.7 Å². The number of aromatic nitrogens is 3. The minimum absolute atomic E-state index is 0.143. The Kier molecular flexibility index (Phi) is 5.47. The molecule has 0 unspecified atom stereocenters. The summed E-state index contributed by atoms with van der Waals surface area (Å²) in [5.41, 5.74) is 0.657. The minimum Gasteiger partial charge on any atom is -0.454 e. The van der Waals surface area contributed by atoms with Gasteiger partial charge in [-0.1, -0.05) is 41.6 Å². The molecule has 2 aromatic heterocycles. The third kappa shape index (κ3) is 3.84. The zero-order valence-corrected chi connectivity index (χ0v) is 18.8. The molecule has 0 atom stereocenters. The summed E-state index contributed by atoms with van der Waals surface area (Å²) >= 11 is 9.55.